The third-order valence-corrected chi connectivity index (χ3v) is 4.12. The summed E-state index contributed by atoms with van der Waals surface area (Å²) in [5.74, 6) is -23.3. The predicted octanol–water partition coefficient (Wildman–Crippen LogP) is 6.45. The van der Waals surface area contributed by atoms with Crippen LogP contribution in [-0.4, -0.2) is 0 Å². The first-order chi connectivity index (χ1) is 12.4. The highest BCUT2D eigenvalue weighted by molar-refractivity contribution is 8.16. The summed E-state index contributed by atoms with van der Waals surface area (Å²) in [5.41, 5.74) is -3.08. The van der Waals surface area contributed by atoms with Gasteiger partial charge in [-0.3, -0.25) is 0 Å². The molecule has 0 nitrogen and oxygen atoms in total. The van der Waals surface area contributed by atoms with Gasteiger partial charge < -0.3 is 0 Å². The van der Waals surface area contributed by atoms with E-state index in [1.807, 2.05) is 0 Å². The van der Waals surface area contributed by atoms with E-state index in [9.17, 15) is 43.9 Å². The van der Waals surface area contributed by atoms with Crippen molar-refractivity contribution in [2.24, 2.45) is 0 Å². The van der Waals surface area contributed by atoms with Crippen molar-refractivity contribution >= 4 is 21.6 Å². The van der Waals surface area contributed by atoms with Gasteiger partial charge in [-0.2, -0.15) is 0 Å². The highest BCUT2D eigenvalue weighted by atomic mass is 32.2. The number of thioether (sulfide) groups is 1. The number of halogens is 10. The normalized spacial score (nSPS) is 11.0. The largest absolute Gasteiger partial charge is 0.203 e. The molecule has 0 atom stereocenters. The SMILES string of the molecule is C=C(SC(=C)c1c(F)c(F)c(F)c(F)c1F)c1c(F)c(F)c(F)c(F)c1F. The first-order valence-corrected chi connectivity index (χ1v) is 7.32. The molecule has 2 rings (SSSR count). The Morgan fingerprint density at radius 2 is 0.593 bits per heavy atom. The molecule has 0 radical (unpaired) electrons. The van der Waals surface area contributed by atoms with Crippen molar-refractivity contribution in [2.75, 3.05) is 0 Å². The maximum absolute atomic E-state index is 13.7. The maximum Gasteiger partial charge on any atom is 0.200 e. The van der Waals surface area contributed by atoms with Crippen LogP contribution in [0.5, 0.6) is 0 Å². The van der Waals surface area contributed by atoms with Gasteiger partial charge in [0.05, 0.1) is 11.1 Å². The maximum atomic E-state index is 13.7. The molecule has 0 aliphatic rings. The lowest BCUT2D eigenvalue weighted by atomic mass is 10.1. The Morgan fingerprint density at radius 1 is 0.407 bits per heavy atom. The molecule has 2 aromatic carbocycles. The van der Waals surface area contributed by atoms with Crippen molar-refractivity contribution in [2.45, 2.75) is 0 Å². The monoisotopic (exact) mass is 418 g/mol. The molecule has 27 heavy (non-hydrogen) atoms. The summed E-state index contributed by atoms with van der Waals surface area (Å²) < 4.78 is 134. The zero-order valence-electron chi connectivity index (χ0n) is 12.6. The van der Waals surface area contributed by atoms with Crippen LogP contribution >= 0.6 is 11.8 Å². The van der Waals surface area contributed by atoms with Crippen molar-refractivity contribution in [1.29, 1.82) is 0 Å². The Bertz CT molecular complexity index is 858. The minimum Gasteiger partial charge on any atom is -0.203 e. The smallest absolute Gasteiger partial charge is 0.200 e. The van der Waals surface area contributed by atoms with Crippen LogP contribution in [0, 0.1) is 58.2 Å². The van der Waals surface area contributed by atoms with Crippen molar-refractivity contribution in [3.8, 4) is 0 Å². The molecule has 0 aromatic heterocycles. The molecular formula is C16H4F10S. The number of benzene rings is 2. The lowest BCUT2D eigenvalue weighted by molar-refractivity contribution is 0.376. The second-order valence-electron chi connectivity index (χ2n) is 4.84. The first-order valence-electron chi connectivity index (χ1n) is 6.51. The minimum absolute atomic E-state index is 0.152. The van der Waals surface area contributed by atoms with Gasteiger partial charge in [-0.25, -0.2) is 43.9 Å². The molecule has 11 heteroatoms. The van der Waals surface area contributed by atoms with Crippen LogP contribution in [0.3, 0.4) is 0 Å². The average Bonchev–Trinajstić information content (AvgIpc) is 2.61. The Balaban J connectivity index is 2.52. The van der Waals surface area contributed by atoms with Gasteiger partial charge in [-0.1, -0.05) is 24.9 Å². The summed E-state index contributed by atoms with van der Waals surface area (Å²) in [5, 5.41) is 0. The molecule has 0 bridgehead atoms. The van der Waals surface area contributed by atoms with Crippen LogP contribution < -0.4 is 0 Å². The Kier molecular flexibility index (Phi) is 5.64. The fraction of sp³-hybridized carbons (Fsp3) is 0. The minimum atomic E-state index is -2.45. The summed E-state index contributed by atoms with van der Waals surface area (Å²) in [4.78, 5) is -1.95. The molecule has 0 N–H and O–H groups in total. The van der Waals surface area contributed by atoms with Crippen LogP contribution in [0.1, 0.15) is 11.1 Å². The van der Waals surface area contributed by atoms with Gasteiger partial charge in [0.1, 0.15) is 0 Å². The molecular weight excluding hydrogens is 414 g/mol. The van der Waals surface area contributed by atoms with Crippen molar-refractivity contribution in [3.05, 3.63) is 82.5 Å². The molecule has 0 aliphatic heterocycles. The zero-order valence-corrected chi connectivity index (χ0v) is 13.4. The van der Waals surface area contributed by atoms with E-state index in [4.69, 9.17) is 0 Å². The summed E-state index contributed by atoms with van der Waals surface area (Å²) in [6, 6.07) is 0. The molecule has 0 aliphatic carbocycles. The molecule has 0 heterocycles. The first kappa shape index (κ1) is 20.9. The van der Waals surface area contributed by atoms with E-state index in [0.29, 0.717) is 0 Å². The lowest BCUT2D eigenvalue weighted by Gasteiger charge is -2.14. The average molecular weight is 418 g/mol. The second kappa shape index (κ2) is 7.29. The van der Waals surface area contributed by atoms with Crippen molar-refractivity contribution < 1.29 is 43.9 Å². The summed E-state index contributed by atoms with van der Waals surface area (Å²) >= 11 is -0.152. The van der Waals surface area contributed by atoms with Gasteiger partial charge in [-0.15, -0.1) is 0 Å². The van der Waals surface area contributed by atoms with Gasteiger partial charge in [0.15, 0.2) is 46.5 Å². The third kappa shape index (κ3) is 3.31. The van der Waals surface area contributed by atoms with Gasteiger partial charge in [-0.05, 0) is 0 Å². The van der Waals surface area contributed by atoms with Crippen LogP contribution in [0.25, 0.3) is 9.81 Å². The molecule has 2 aromatic rings. The highest BCUT2D eigenvalue weighted by Gasteiger charge is 2.30. The quantitative estimate of drug-likeness (QED) is 0.312. The topological polar surface area (TPSA) is 0 Å². The standard InChI is InChI=1S/C16H4F10S/c1-3(5-7(17)11(21)15(25)12(22)8(5)18)27-4(2)6-9(19)13(23)16(26)14(24)10(6)20/h1-2H2. The molecule has 0 saturated carbocycles. The molecule has 0 saturated heterocycles. The molecule has 0 spiro atoms. The Hall–Kier alpha value is -2.43. The summed E-state index contributed by atoms with van der Waals surface area (Å²) in [7, 11) is 0. The van der Waals surface area contributed by atoms with E-state index in [2.05, 4.69) is 13.2 Å². The van der Waals surface area contributed by atoms with E-state index in [0.717, 1.165) is 0 Å². The molecule has 0 unspecified atom stereocenters. The molecule has 0 amide bonds. The second-order valence-corrected chi connectivity index (χ2v) is 6.03. The van der Waals surface area contributed by atoms with E-state index >= 15 is 0 Å². The zero-order chi connectivity index (χ0) is 20.8. The van der Waals surface area contributed by atoms with Crippen LogP contribution in [0.2, 0.25) is 0 Å². The predicted molar refractivity (Wildman–Crippen MR) is 78.1 cm³/mol. The fourth-order valence-corrected chi connectivity index (χ4v) is 2.81. The van der Waals surface area contributed by atoms with E-state index < -0.39 is 79.1 Å². The number of hydrogen-bond acceptors (Lipinski definition) is 1. The van der Waals surface area contributed by atoms with Crippen LogP contribution in [0.15, 0.2) is 13.2 Å². The van der Waals surface area contributed by atoms with Crippen LogP contribution in [0.4, 0.5) is 43.9 Å². The Morgan fingerprint density at radius 3 is 0.815 bits per heavy atom. The highest BCUT2D eigenvalue weighted by Crippen LogP contribution is 2.42. The summed E-state index contributed by atoms with van der Waals surface area (Å²) in [6.45, 7) is 6.01. The fourth-order valence-electron chi connectivity index (χ4n) is 1.95. The van der Waals surface area contributed by atoms with Gasteiger partial charge in [0.25, 0.3) is 0 Å². The van der Waals surface area contributed by atoms with Gasteiger partial charge >= 0.3 is 0 Å². The van der Waals surface area contributed by atoms with Gasteiger partial charge in [0.2, 0.25) is 11.6 Å². The van der Waals surface area contributed by atoms with E-state index in [1.54, 1.807) is 0 Å². The lowest BCUT2D eigenvalue weighted by Crippen LogP contribution is -2.07. The van der Waals surface area contributed by atoms with E-state index in [-0.39, 0.29) is 11.8 Å². The van der Waals surface area contributed by atoms with E-state index in [1.165, 1.54) is 0 Å². The molecule has 0 fully saturated rings. The number of hydrogen-bond donors (Lipinski definition) is 0. The third-order valence-electron chi connectivity index (χ3n) is 3.22. The van der Waals surface area contributed by atoms with Crippen molar-refractivity contribution in [3.63, 3.8) is 0 Å². The summed E-state index contributed by atoms with van der Waals surface area (Å²) in [6.07, 6.45) is 0. The van der Waals surface area contributed by atoms with Crippen molar-refractivity contribution in [1.82, 2.24) is 0 Å². The van der Waals surface area contributed by atoms with Crippen LogP contribution in [-0.2, 0) is 0 Å². The number of rotatable bonds is 4. The molecule has 144 valence electrons. The Labute approximate surface area is 148 Å². The van der Waals surface area contributed by atoms with Gasteiger partial charge in [0, 0.05) is 9.81 Å².